The zero-order valence-electron chi connectivity index (χ0n) is 14.6. The molecule has 0 aliphatic heterocycles. The molecule has 26 heavy (non-hydrogen) atoms. The van der Waals surface area contributed by atoms with Crippen LogP contribution in [-0.4, -0.2) is 17.3 Å². The van der Waals surface area contributed by atoms with Crippen LogP contribution >= 0.6 is 11.6 Å². The van der Waals surface area contributed by atoms with Gasteiger partial charge >= 0.3 is 11.9 Å². The van der Waals surface area contributed by atoms with Crippen LogP contribution in [-0.2, 0) is 9.59 Å². The lowest BCUT2D eigenvalue weighted by Crippen LogP contribution is -2.50. The van der Waals surface area contributed by atoms with E-state index >= 15 is 0 Å². The fraction of sp³-hybridized carbons (Fsp3) is 0.238. The topological polar surface area (TPSA) is 52.6 Å². The van der Waals surface area contributed by atoms with E-state index in [9.17, 15) is 9.59 Å². The molecule has 0 fully saturated rings. The van der Waals surface area contributed by atoms with E-state index in [1.54, 1.807) is 60.7 Å². The molecular weight excluding hydrogens is 352 g/mol. The number of para-hydroxylation sites is 2. The molecule has 2 aromatic carbocycles. The Bertz CT molecular complexity index is 690. The average Bonchev–Trinajstić information content (AvgIpc) is 2.66. The summed E-state index contributed by atoms with van der Waals surface area (Å²) in [4.78, 5) is 26.0. The largest absolute Gasteiger partial charge is 0.426 e. The smallest absolute Gasteiger partial charge is 0.330 e. The SMILES string of the molecule is C=CC(Cl)C(CCC)(C(=O)Oc1ccccc1)C(=O)Oc1ccccc1. The molecule has 0 spiro atoms. The van der Waals surface area contributed by atoms with Crippen molar-refractivity contribution >= 4 is 23.5 Å². The van der Waals surface area contributed by atoms with Gasteiger partial charge in [0.05, 0.1) is 5.38 Å². The van der Waals surface area contributed by atoms with Crippen LogP contribution in [0.2, 0.25) is 0 Å². The second-order valence-corrected chi connectivity index (χ2v) is 6.23. The summed E-state index contributed by atoms with van der Waals surface area (Å²) in [5, 5.41) is -0.977. The molecule has 0 saturated carbocycles. The van der Waals surface area contributed by atoms with Gasteiger partial charge in [-0.1, -0.05) is 55.8 Å². The Labute approximate surface area is 158 Å². The number of ether oxygens (including phenoxy) is 2. The molecule has 0 radical (unpaired) electrons. The first-order chi connectivity index (χ1) is 12.5. The number of carbonyl (C=O) groups is 2. The van der Waals surface area contributed by atoms with Crippen LogP contribution in [0.25, 0.3) is 0 Å². The molecule has 5 heteroatoms. The third kappa shape index (κ3) is 4.33. The maximum absolute atomic E-state index is 13.0. The molecule has 4 nitrogen and oxygen atoms in total. The predicted octanol–water partition coefficient (Wildman–Crippen LogP) is 4.78. The van der Waals surface area contributed by atoms with Crippen molar-refractivity contribution in [3.8, 4) is 11.5 Å². The van der Waals surface area contributed by atoms with E-state index in [0.717, 1.165) is 0 Å². The van der Waals surface area contributed by atoms with E-state index in [1.807, 2.05) is 6.92 Å². The van der Waals surface area contributed by atoms with Crippen LogP contribution in [0.1, 0.15) is 19.8 Å². The quantitative estimate of drug-likeness (QED) is 0.220. The minimum Gasteiger partial charge on any atom is -0.426 e. The Morgan fingerprint density at radius 3 is 1.77 bits per heavy atom. The Morgan fingerprint density at radius 2 is 1.42 bits per heavy atom. The van der Waals surface area contributed by atoms with Gasteiger partial charge in [0, 0.05) is 0 Å². The number of alkyl halides is 1. The van der Waals surface area contributed by atoms with Crippen LogP contribution in [0.5, 0.6) is 11.5 Å². The maximum atomic E-state index is 13.0. The highest BCUT2D eigenvalue weighted by atomic mass is 35.5. The molecule has 0 heterocycles. The fourth-order valence-corrected chi connectivity index (χ4v) is 2.91. The summed E-state index contributed by atoms with van der Waals surface area (Å²) in [7, 11) is 0. The van der Waals surface area contributed by atoms with Crippen LogP contribution in [0, 0.1) is 5.41 Å². The second-order valence-electron chi connectivity index (χ2n) is 5.76. The summed E-state index contributed by atoms with van der Waals surface area (Å²) in [5.74, 6) is -0.852. The van der Waals surface area contributed by atoms with E-state index in [2.05, 4.69) is 6.58 Å². The Balaban J connectivity index is 2.38. The fourth-order valence-electron chi connectivity index (χ4n) is 2.62. The van der Waals surface area contributed by atoms with Gasteiger partial charge in [-0.3, -0.25) is 9.59 Å². The number of hydrogen-bond acceptors (Lipinski definition) is 4. The summed E-state index contributed by atoms with van der Waals surface area (Å²) in [6.07, 6.45) is 2.06. The van der Waals surface area contributed by atoms with Gasteiger partial charge in [-0.2, -0.15) is 0 Å². The Hall–Kier alpha value is -2.59. The van der Waals surface area contributed by atoms with Gasteiger partial charge < -0.3 is 9.47 Å². The van der Waals surface area contributed by atoms with Crippen LogP contribution in [0.4, 0.5) is 0 Å². The van der Waals surface area contributed by atoms with Crippen molar-refractivity contribution in [2.75, 3.05) is 0 Å². The number of rotatable bonds is 8. The molecule has 0 amide bonds. The van der Waals surface area contributed by atoms with Crippen molar-refractivity contribution in [3.05, 3.63) is 73.3 Å². The van der Waals surface area contributed by atoms with E-state index in [4.69, 9.17) is 21.1 Å². The van der Waals surface area contributed by atoms with E-state index < -0.39 is 22.7 Å². The van der Waals surface area contributed by atoms with E-state index in [0.29, 0.717) is 17.9 Å². The minimum absolute atomic E-state index is 0.171. The lowest BCUT2D eigenvalue weighted by atomic mass is 9.79. The molecule has 0 aliphatic rings. The Morgan fingerprint density at radius 1 is 1.00 bits per heavy atom. The lowest BCUT2D eigenvalue weighted by Gasteiger charge is -2.31. The van der Waals surface area contributed by atoms with Crippen molar-refractivity contribution < 1.29 is 19.1 Å². The highest BCUT2D eigenvalue weighted by Crippen LogP contribution is 2.37. The van der Waals surface area contributed by atoms with E-state index in [-0.39, 0.29) is 6.42 Å². The van der Waals surface area contributed by atoms with Gasteiger partial charge in [0.15, 0.2) is 5.41 Å². The molecule has 136 valence electrons. The molecular formula is C21H21ClO4. The van der Waals surface area contributed by atoms with Crippen molar-refractivity contribution in [3.63, 3.8) is 0 Å². The van der Waals surface area contributed by atoms with Crippen molar-refractivity contribution in [2.45, 2.75) is 25.1 Å². The summed E-state index contributed by atoms with van der Waals surface area (Å²) < 4.78 is 10.9. The summed E-state index contributed by atoms with van der Waals surface area (Å²) in [6, 6.07) is 17.1. The highest BCUT2D eigenvalue weighted by molar-refractivity contribution is 6.27. The second kappa shape index (κ2) is 9.20. The molecule has 0 aliphatic carbocycles. The zero-order valence-corrected chi connectivity index (χ0v) is 15.3. The molecule has 0 saturated heterocycles. The van der Waals surface area contributed by atoms with E-state index in [1.165, 1.54) is 6.08 Å². The van der Waals surface area contributed by atoms with Crippen molar-refractivity contribution in [2.24, 2.45) is 5.41 Å². The maximum Gasteiger partial charge on any atom is 0.330 e. The lowest BCUT2D eigenvalue weighted by molar-refractivity contribution is -0.161. The minimum atomic E-state index is -1.69. The monoisotopic (exact) mass is 372 g/mol. The van der Waals surface area contributed by atoms with Gasteiger partial charge in [0.1, 0.15) is 11.5 Å². The molecule has 1 atom stereocenters. The summed E-state index contributed by atoms with van der Waals surface area (Å²) >= 11 is 6.37. The molecule has 2 aromatic rings. The van der Waals surface area contributed by atoms with Gasteiger partial charge in [0.25, 0.3) is 0 Å². The first kappa shape index (κ1) is 19.7. The third-order valence-corrected chi connectivity index (χ3v) is 4.51. The molecule has 0 bridgehead atoms. The summed E-state index contributed by atoms with van der Waals surface area (Å²) in [5.41, 5.74) is -1.69. The number of esters is 2. The number of hydrogen-bond donors (Lipinski definition) is 0. The first-order valence-electron chi connectivity index (χ1n) is 8.36. The third-order valence-electron chi connectivity index (χ3n) is 3.96. The standard InChI is InChI=1S/C21H21ClO4/c1-3-15-21(18(22)4-2,19(23)25-16-11-7-5-8-12-16)20(24)26-17-13-9-6-10-14-17/h4-14,18H,2-3,15H2,1H3. The van der Waals surface area contributed by atoms with Crippen LogP contribution < -0.4 is 9.47 Å². The highest BCUT2D eigenvalue weighted by Gasteiger charge is 2.53. The zero-order chi connectivity index (χ0) is 19.0. The molecule has 0 N–H and O–H groups in total. The van der Waals surface area contributed by atoms with Crippen LogP contribution in [0.3, 0.4) is 0 Å². The molecule has 2 rings (SSSR count). The number of carbonyl (C=O) groups excluding carboxylic acids is 2. The van der Waals surface area contributed by atoms with Gasteiger partial charge in [-0.15, -0.1) is 18.2 Å². The number of halogens is 1. The number of benzene rings is 2. The molecule has 0 aromatic heterocycles. The van der Waals surface area contributed by atoms with Crippen molar-refractivity contribution in [1.82, 2.24) is 0 Å². The Kier molecular flexibility index (Phi) is 6.98. The predicted molar refractivity (Wildman–Crippen MR) is 101 cm³/mol. The normalized spacial score (nSPS) is 12.1. The average molecular weight is 373 g/mol. The van der Waals surface area contributed by atoms with Gasteiger partial charge in [-0.25, -0.2) is 0 Å². The first-order valence-corrected chi connectivity index (χ1v) is 8.79. The summed E-state index contributed by atoms with van der Waals surface area (Å²) in [6.45, 7) is 5.49. The van der Waals surface area contributed by atoms with Gasteiger partial charge in [-0.05, 0) is 30.7 Å². The van der Waals surface area contributed by atoms with Crippen molar-refractivity contribution in [1.29, 1.82) is 0 Å². The van der Waals surface area contributed by atoms with Gasteiger partial charge in [0.2, 0.25) is 0 Å². The number of allylic oxidation sites excluding steroid dienone is 1. The molecule has 1 unspecified atom stereocenters. The van der Waals surface area contributed by atoms with Crippen LogP contribution in [0.15, 0.2) is 73.3 Å².